The number of ether oxygens (including phenoxy) is 1. The SMILES string of the molecule is COc1ccc2oc(C(=O)Nc3ccccc3N)cc2c1. The van der Waals surface area contributed by atoms with Crippen molar-refractivity contribution in [1.29, 1.82) is 0 Å². The van der Waals surface area contributed by atoms with E-state index in [9.17, 15) is 4.79 Å². The molecule has 1 amide bonds. The van der Waals surface area contributed by atoms with Gasteiger partial charge in [0.2, 0.25) is 0 Å². The maximum atomic E-state index is 12.2. The van der Waals surface area contributed by atoms with E-state index in [-0.39, 0.29) is 11.7 Å². The van der Waals surface area contributed by atoms with Gasteiger partial charge >= 0.3 is 0 Å². The number of fused-ring (bicyclic) bond motifs is 1. The average molecular weight is 282 g/mol. The van der Waals surface area contributed by atoms with Crippen LogP contribution in [0.5, 0.6) is 5.75 Å². The van der Waals surface area contributed by atoms with E-state index >= 15 is 0 Å². The van der Waals surface area contributed by atoms with E-state index in [4.69, 9.17) is 14.9 Å². The number of nitrogen functional groups attached to an aromatic ring is 1. The third-order valence-corrected chi connectivity index (χ3v) is 3.16. The van der Waals surface area contributed by atoms with E-state index in [1.807, 2.05) is 6.07 Å². The average Bonchev–Trinajstić information content (AvgIpc) is 2.92. The highest BCUT2D eigenvalue weighted by Crippen LogP contribution is 2.25. The van der Waals surface area contributed by atoms with E-state index in [1.165, 1.54) is 0 Å². The van der Waals surface area contributed by atoms with Gasteiger partial charge in [-0.25, -0.2) is 0 Å². The van der Waals surface area contributed by atoms with Crippen LogP contribution in [0.15, 0.2) is 52.9 Å². The van der Waals surface area contributed by atoms with E-state index < -0.39 is 0 Å². The van der Waals surface area contributed by atoms with Crippen molar-refractivity contribution in [2.45, 2.75) is 0 Å². The van der Waals surface area contributed by atoms with Gasteiger partial charge in [-0.1, -0.05) is 12.1 Å². The normalized spacial score (nSPS) is 10.5. The number of rotatable bonds is 3. The zero-order chi connectivity index (χ0) is 14.8. The molecule has 0 unspecified atom stereocenters. The molecule has 0 fully saturated rings. The Kier molecular flexibility index (Phi) is 3.23. The van der Waals surface area contributed by atoms with Crippen molar-refractivity contribution in [2.24, 2.45) is 0 Å². The molecule has 0 aliphatic carbocycles. The van der Waals surface area contributed by atoms with Gasteiger partial charge in [-0.05, 0) is 36.4 Å². The standard InChI is InChI=1S/C16H14N2O3/c1-20-11-6-7-14-10(8-11)9-15(21-14)16(19)18-13-5-3-2-4-12(13)17/h2-9H,17H2,1H3,(H,18,19). The summed E-state index contributed by atoms with van der Waals surface area (Å²) in [5, 5.41) is 3.53. The molecule has 0 aliphatic rings. The van der Waals surface area contributed by atoms with Gasteiger partial charge in [0.15, 0.2) is 5.76 Å². The van der Waals surface area contributed by atoms with Gasteiger partial charge in [-0.2, -0.15) is 0 Å². The first-order valence-corrected chi connectivity index (χ1v) is 6.41. The van der Waals surface area contributed by atoms with Crippen LogP contribution in [-0.2, 0) is 0 Å². The molecule has 2 aromatic carbocycles. The van der Waals surface area contributed by atoms with Gasteiger partial charge in [0, 0.05) is 5.39 Å². The third kappa shape index (κ3) is 2.53. The minimum absolute atomic E-state index is 0.224. The molecule has 3 rings (SSSR count). The second-order valence-corrected chi connectivity index (χ2v) is 4.56. The zero-order valence-corrected chi connectivity index (χ0v) is 11.4. The first-order chi connectivity index (χ1) is 10.2. The van der Waals surface area contributed by atoms with Crippen molar-refractivity contribution < 1.29 is 13.9 Å². The highest BCUT2D eigenvalue weighted by molar-refractivity contribution is 6.06. The third-order valence-electron chi connectivity index (χ3n) is 3.16. The van der Waals surface area contributed by atoms with Gasteiger partial charge in [0.25, 0.3) is 5.91 Å². The Morgan fingerprint density at radius 2 is 2.00 bits per heavy atom. The van der Waals surface area contributed by atoms with E-state index in [1.54, 1.807) is 49.6 Å². The number of carbonyl (C=O) groups is 1. The Labute approximate surface area is 121 Å². The van der Waals surface area contributed by atoms with Crippen LogP contribution in [0.2, 0.25) is 0 Å². The van der Waals surface area contributed by atoms with Crippen molar-refractivity contribution >= 4 is 28.3 Å². The summed E-state index contributed by atoms with van der Waals surface area (Å²) >= 11 is 0. The smallest absolute Gasteiger partial charge is 0.291 e. The van der Waals surface area contributed by atoms with Crippen molar-refractivity contribution in [3.05, 3.63) is 54.3 Å². The Bertz CT molecular complexity index is 808. The fraction of sp³-hybridized carbons (Fsp3) is 0.0625. The number of para-hydroxylation sites is 2. The summed E-state index contributed by atoms with van der Waals surface area (Å²) in [6, 6.07) is 14.1. The van der Waals surface area contributed by atoms with E-state index in [2.05, 4.69) is 5.32 Å². The Balaban J connectivity index is 1.89. The first-order valence-electron chi connectivity index (χ1n) is 6.41. The molecule has 0 atom stereocenters. The molecule has 0 aliphatic heterocycles. The first kappa shape index (κ1) is 13.1. The predicted molar refractivity (Wildman–Crippen MR) is 81.6 cm³/mol. The highest BCUT2D eigenvalue weighted by Gasteiger charge is 2.13. The minimum atomic E-state index is -0.344. The number of hydrogen-bond acceptors (Lipinski definition) is 4. The number of amides is 1. The lowest BCUT2D eigenvalue weighted by Crippen LogP contribution is -2.12. The monoisotopic (exact) mass is 282 g/mol. The summed E-state index contributed by atoms with van der Waals surface area (Å²) in [7, 11) is 1.59. The molecule has 21 heavy (non-hydrogen) atoms. The minimum Gasteiger partial charge on any atom is -0.497 e. The number of methoxy groups -OCH3 is 1. The zero-order valence-electron chi connectivity index (χ0n) is 11.4. The maximum absolute atomic E-state index is 12.2. The quantitative estimate of drug-likeness (QED) is 0.723. The topological polar surface area (TPSA) is 77.5 Å². The van der Waals surface area contributed by atoms with E-state index in [0.29, 0.717) is 22.7 Å². The molecule has 0 saturated carbocycles. The van der Waals surface area contributed by atoms with Crippen LogP contribution in [0.4, 0.5) is 11.4 Å². The van der Waals surface area contributed by atoms with Gasteiger partial charge in [0.1, 0.15) is 11.3 Å². The van der Waals surface area contributed by atoms with Crippen LogP contribution >= 0.6 is 0 Å². The molecule has 0 saturated heterocycles. The van der Waals surface area contributed by atoms with Crippen LogP contribution < -0.4 is 15.8 Å². The number of furan rings is 1. The molecule has 1 heterocycles. The summed E-state index contributed by atoms with van der Waals surface area (Å²) in [4.78, 5) is 12.2. The number of nitrogens with two attached hydrogens (primary N) is 1. The second-order valence-electron chi connectivity index (χ2n) is 4.56. The lowest BCUT2D eigenvalue weighted by Gasteiger charge is -2.05. The molecule has 0 bridgehead atoms. The van der Waals surface area contributed by atoms with Crippen molar-refractivity contribution in [2.75, 3.05) is 18.2 Å². The fourth-order valence-corrected chi connectivity index (χ4v) is 2.06. The lowest BCUT2D eigenvalue weighted by atomic mass is 10.2. The summed E-state index contributed by atoms with van der Waals surface area (Å²) < 4.78 is 10.7. The summed E-state index contributed by atoms with van der Waals surface area (Å²) in [5.74, 6) is 0.590. The largest absolute Gasteiger partial charge is 0.497 e. The molecule has 106 valence electrons. The number of anilines is 2. The molecule has 3 N–H and O–H groups in total. The van der Waals surface area contributed by atoms with Crippen molar-refractivity contribution in [1.82, 2.24) is 0 Å². The van der Waals surface area contributed by atoms with E-state index in [0.717, 1.165) is 5.39 Å². The summed E-state index contributed by atoms with van der Waals surface area (Å²) in [5.41, 5.74) is 7.48. The summed E-state index contributed by atoms with van der Waals surface area (Å²) in [6.07, 6.45) is 0. The van der Waals surface area contributed by atoms with Crippen LogP contribution in [-0.4, -0.2) is 13.0 Å². The Morgan fingerprint density at radius 3 is 2.76 bits per heavy atom. The van der Waals surface area contributed by atoms with Crippen LogP contribution in [0, 0.1) is 0 Å². The van der Waals surface area contributed by atoms with Gasteiger partial charge in [-0.3, -0.25) is 4.79 Å². The van der Waals surface area contributed by atoms with Gasteiger partial charge in [0.05, 0.1) is 18.5 Å². The molecule has 1 aromatic heterocycles. The van der Waals surface area contributed by atoms with Crippen molar-refractivity contribution in [3.63, 3.8) is 0 Å². The number of nitrogens with one attached hydrogen (secondary N) is 1. The number of carbonyl (C=O) groups excluding carboxylic acids is 1. The van der Waals surface area contributed by atoms with Gasteiger partial charge in [-0.15, -0.1) is 0 Å². The second kappa shape index (κ2) is 5.20. The Hall–Kier alpha value is -2.95. The Morgan fingerprint density at radius 1 is 1.19 bits per heavy atom. The van der Waals surface area contributed by atoms with Gasteiger partial charge < -0.3 is 20.2 Å². The highest BCUT2D eigenvalue weighted by atomic mass is 16.5. The van der Waals surface area contributed by atoms with Crippen LogP contribution in [0.25, 0.3) is 11.0 Å². The maximum Gasteiger partial charge on any atom is 0.291 e. The molecule has 0 radical (unpaired) electrons. The van der Waals surface area contributed by atoms with Crippen LogP contribution in [0.3, 0.4) is 0 Å². The molecule has 5 heteroatoms. The number of hydrogen-bond donors (Lipinski definition) is 2. The summed E-state index contributed by atoms with van der Waals surface area (Å²) in [6.45, 7) is 0. The number of benzene rings is 2. The molecule has 0 spiro atoms. The molecular formula is C16H14N2O3. The molecule has 5 nitrogen and oxygen atoms in total. The van der Waals surface area contributed by atoms with Crippen LogP contribution in [0.1, 0.15) is 10.6 Å². The lowest BCUT2D eigenvalue weighted by molar-refractivity contribution is 0.0999. The fourth-order valence-electron chi connectivity index (χ4n) is 2.06. The van der Waals surface area contributed by atoms with Crippen molar-refractivity contribution in [3.8, 4) is 5.75 Å². The molecular weight excluding hydrogens is 268 g/mol. The predicted octanol–water partition coefficient (Wildman–Crippen LogP) is 3.28. The molecule has 3 aromatic rings.